The van der Waals surface area contributed by atoms with Gasteiger partial charge in [-0.25, -0.2) is 9.95 Å². The summed E-state index contributed by atoms with van der Waals surface area (Å²) < 4.78 is 10.1. The van der Waals surface area contributed by atoms with Crippen LogP contribution in [-0.2, 0) is 0 Å². The Labute approximate surface area is 108 Å². The maximum Gasteiger partial charge on any atom is 0.365 e. The van der Waals surface area contributed by atoms with Crippen LogP contribution in [0.25, 0.3) is 12.7 Å². The maximum atomic E-state index is 11.5. The first-order valence-corrected chi connectivity index (χ1v) is 5.80. The topological polar surface area (TPSA) is 55.2 Å². The standard InChI is InChI=1S/C13H12ClNO3/c1-3-17-12-5-4-10(14)6-9(12)7-11-8(2)15-18-13(11)16/h4-7,15H,2-3H2,1H3. The van der Waals surface area contributed by atoms with Crippen molar-refractivity contribution in [3.05, 3.63) is 49.8 Å². The van der Waals surface area contributed by atoms with Crippen LogP contribution in [0.5, 0.6) is 5.75 Å². The van der Waals surface area contributed by atoms with E-state index in [4.69, 9.17) is 16.3 Å². The molecule has 0 radical (unpaired) electrons. The van der Waals surface area contributed by atoms with E-state index in [0.717, 1.165) is 0 Å². The van der Waals surface area contributed by atoms with Gasteiger partial charge in [-0.3, -0.25) is 0 Å². The molecule has 2 aromatic rings. The number of benzene rings is 1. The van der Waals surface area contributed by atoms with Crippen LogP contribution in [0.15, 0.2) is 27.5 Å². The number of nitrogens with one attached hydrogen (secondary N) is 1. The lowest BCUT2D eigenvalue weighted by Crippen LogP contribution is -2.31. The minimum Gasteiger partial charge on any atom is -0.493 e. The molecule has 0 saturated heterocycles. The van der Waals surface area contributed by atoms with Crippen LogP contribution in [-0.4, -0.2) is 11.8 Å². The predicted octanol–water partition coefficient (Wildman–Crippen LogP) is 1.26. The van der Waals surface area contributed by atoms with Crippen LogP contribution in [0.3, 0.4) is 0 Å². The number of rotatable bonds is 3. The summed E-state index contributed by atoms with van der Waals surface area (Å²) in [6, 6.07) is 5.21. The molecular formula is C13H12ClNO3. The van der Waals surface area contributed by atoms with Crippen LogP contribution in [0.1, 0.15) is 12.5 Å². The highest BCUT2D eigenvalue weighted by Gasteiger charge is 2.04. The Kier molecular flexibility index (Phi) is 3.58. The van der Waals surface area contributed by atoms with Crippen molar-refractivity contribution in [3.63, 3.8) is 0 Å². The molecule has 0 amide bonds. The summed E-state index contributed by atoms with van der Waals surface area (Å²) in [4.78, 5) is 11.5. The molecule has 1 aromatic heterocycles. The van der Waals surface area contributed by atoms with Gasteiger partial charge in [0.05, 0.1) is 17.2 Å². The highest BCUT2D eigenvalue weighted by molar-refractivity contribution is 6.30. The molecule has 0 atom stereocenters. The van der Waals surface area contributed by atoms with Crippen LogP contribution in [0.4, 0.5) is 0 Å². The summed E-state index contributed by atoms with van der Waals surface area (Å²) in [5.74, 6) is 0.655. The third-order valence-corrected chi connectivity index (χ3v) is 2.62. The molecule has 94 valence electrons. The minimum absolute atomic E-state index is 0.359. The first kappa shape index (κ1) is 12.5. The smallest absolute Gasteiger partial charge is 0.365 e. The van der Waals surface area contributed by atoms with Crippen LogP contribution in [0.2, 0.25) is 5.02 Å². The van der Waals surface area contributed by atoms with E-state index in [-0.39, 0.29) is 0 Å². The average Bonchev–Trinajstić information content (AvgIpc) is 2.64. The molecule has 0 aliphatic heterocycles. The first-order valence-electron chi connectivity index (χ1n) is 5.42. The average molecular weight is 266 g/mol. The second-order valence-corrected chi connectivity index (χ2v) is 4.08. The Morgan fingerprint density at radius 2 is 2.33 bits per heavy atom. The van der Waals surface area contributed by atoms with Crippen LogP contribution >= 0.6 is 11.6 Å². The van der Waals surface area contributed by atoms with E-state index in [0.29, 0.717) is 33.5 Å². The number of ether oxygens (including phenoxy) is 1. The lowest BCUT2D eigenvalue weighted by Gasteiger charge is -2.06. The molecule has 0 fully saturated rings. The van der Waals surface area contributed by atoms with E-state index < -0.39 is 5.63 Å². The fourth-order valence-electron chi connectivity index (χ4n) is 1.56. The number of halogens is 1. The molecule has 1 N–H and O–H groups in total. The SMILES string of the molecule is C=c1[nH]oc(=O)c1=Cc1cc(Cl)ccc1OCC. The molecule has 18 heavy (non-hydrogen) atoms. The maximum absolute atomic E-state index is 11.5. The van der Waals surface area contributed by atoms with E-state index >= 15 is 0 Å². The predicted molar refractivity (Wildman–Crippen MR) is 70.3 cm³/mol. The third kappa shape index (κ3) is 2.49. The van der Waals surface area contributed by atoms with E-state index in [1.54, 1.807) is 24.3 Å². The monoisotopic (exact) mass is 265 g/mol. The fraction of sp³-hybridized carbons (Fsp3) is 0.154. The second kappa shape index (κ2) is 5.14. The lowest BCUT2D eigenvalue weighted by molar-refractivity contribution is 0.339. The second-order valence-electron chi connectivity index (χ2n) is 3.64. The van der Waals surface area contributed by atoms with Crippen molar-refractivity contribution < 1.29 is 9.26 Å². The van der Waals surface area contributed by atoms with Gasteiger partial charge in [-0.05, 0) is 31.2 Å². The van der Waals surface area contributed by atoms with Crippen LogP contribution < -0.4 is 20.9 Å². The molecule has 0 unspecified atom stereocenters. The van der Waals surface area contributed by atoms with Crippen molar-refractivity contribution in [1.29, 1.82) is 0 Å². The molecule has 0 aliphatic rings. The third-order valence-electron chi connectivity index (χ3n) is 2.38. The molecule has 1 heterocycles. The summed E-state index contributed by atoms with van der Waals surface area (Å²) in [5.41, 5.74) is 0.239. The number of aromatic amines is 1. The van der Waals surface area contributed by atoms with Gasteiger partial charge >= 0.3 is 5.63 Å². The molecule has 1 aromatic carbocycles. The summed E-state index contributed by atoms with van der Waals surface area (Å²) >= 11 is 5.94. The van der Waals surface area contributed by atoms with E-state index in [1.807, 2.05) is 6.92 Å². The number of H-pyrrole nitrogens is 1. The fourth-order valence-corrected chi connectivity index (χ4v) is 1.74. The zero-order valence-electron chi connectivity index (χ0n) is 9.83. The van der Waals surface area contributed by atoms with Gasteiger partial charge in [-0.15, -0.1) is 0 Å². The summed E-state index contributed by atoms with van der Waals surface area (Å²) in [7, 11) is 0. The number of hydrogen-bond donors (Lipinski definition) is 1. The minimum atomic E-state index is -0.470. The Bertz CT molecular complexity index is 684. The molecule has 0 spiro atoms. The lowest BCUT2D eigenvalue weighted by atomic mass is 10.1. The van der Waals surface area contributed by atoms with Gasteiger partial charge in [-0.1, -0.05) is 18.2 Å². The molecule has 5 heteroatoms. The zero-order chi connectivity index (χ0) is 13.1. The van der Waals surface area contributed by atoms with Crippen molar-refractivity contribution >= 4 is 24.3 Å². The van der Waals surface area contributed by atoms with Crippen LogP contribution in [0, 0.1) is 0 Å². The molecule has 0 aliphatic carbocycles. The first-order chi connectivity index (χ1) is 8.61. The summed E-state index contributed by atoms with van der Waals surface area (Å²) in [6.07, 6.45) is 1.64. The van der Waals surface area contributed by atoms with E-state index in [1.165, 1.54) is 0 Å². The zero-order valence-corrected chi connectivity index (χ0v) is 10.6. The highest BCUT2D eigenvalue weighted by atomic mass is 35.5. The molecular weight excluding hydrogens is 254 g/mol. The van der Waals surface area contributed by atoms with Crippen molar-refractivity contribution in [2.45, 2.75) is 6.92 Å². The molecule has 4 nitrogen and oxygen atoms in total. The normalized spacial score (nSPS) is 11.8. The van der Waals surface area contributed by atoms with Gasteiger partial charge in [0, 0.05) is 10.6 Å². The van der Waals surface area contributed by atoms with Crippen molar-refractivity contribution in [2.75, 3.05) is 6.61 Å². The Balaban J connectivity index is 2.65. The number of aromatic nitrogens is 1. The van der Waals surface area contributed by atoms with Crippen molar-refractivity contribution in [1.82, 2.24) is 5.16 Å². The van der Waals surface area contributed by atoms with E-state index in [9.17, 15) is 4.79 Å². The Hall–Kier alpha value is -1.94. The largest absolute Gasteiger partial charge is 0.493 e. The summed E-state index contributed by atoms with van der Waals surface area (Å²) in [5, 5.41) is 3.76. The quantitative estimate of drug-likeness (QED) is 0.909. The molecule has 2 rings (SSSR count). The van der Waals surface area contributed by atoms with Gasteiger partial charge in [0.15, 0.2) is 0 Å². The van der Waals surface area contributed by atoms with Gasteiger partial charge < -0.3 is 9.26 Å². The van der Waals surface area contributed by atoms with Gasteiger partial charge in [0.2, 0.25) is 0 Å². The highest BCUT2D eigenvalue weighted by Crippen LogP contribution is 2.23. The molecule has 0 saturated carbocycles. The summed E-state index contributed by atoms with van der Waals surface area (Å²) in [6.45, 7) is 6.10. The van der Waals surface area contributed by atoms with E-state index in [2.05, 4.69) is 16.3 Å². The van der Waals surface area contributed by atoms with Gasteiger partial charge in [-0.2, -0.15) is 0 Å². The molecule has 0 bridgehead atoms. The Morgan fingerprint density at radius 3 is 2.94 bits per heavy atom. The van der Waals surface area contributed by atoms with Gasteiger partial charge in [0.25, 0.3) is 0 Å². The number of hydrogen-bond acceptors (Lipinski definition) is 3. The Morgan fingerprint density at radius 1 is 1.56 bits per heavy atom. The van der Waals surface area contributed by atoms with Crippen molar-refractivity contribution in [2.24, 2.45) is 0 Å². The van der Waals surface area contributed by atoms with Crippen molar-refractivity contribution in [3.8, 4) is 5.75 Å². The van der Waals surface area contributed by atoms with Gasteiger partial charge in [0.1, 0.15) is 5.75 Å².